The van der Waals surface area contributed by atoms with Crippen LogP contribution in [0, 0.1) is 20.2 Å². The van der Waals surface area contributed by atoms with Gasteiger partial charge in [0.25, 0.3) is 17.3 Å². The number of nitro groups is 2. The SMILES string of the molecule is O=C(N=Nc1ccc(NOC(=O)c2cc([N+](=O)[O-])cc([N+](=O)[O-])c2)cc1)c1cccc(Cl)c1. The third-order valence-corrected chi connectivity index (χ3v) is 4.25. The van der Waals surface area contributed by atoms with E-state index < -0.39 is 33.1 Å². The van der Waals surface area contributed by atoms with E-state index in [1.54, 1.807) is 18.2 Å². The summed E-state index contributed by atoms with van der Waals surface area (Å²) in [4.78, 5) is 49.1. The minimum Gasteiger partial charge on any atom is -0.338 e. The summed E-state index contributed by atoms with van der Waals surface area (Å²) < 4.78 is 0. The van der Waals surface area contributed by atoms with Crippen LogP contribution in [0.2, 0.25) is 5.02 Å². The number of rotatable bonds is 7. The molecule has 3 aromatic rings. The van der Waals surface area contributed by atoms with Crippen molar-refractivity contribution in [2.75, 3.05) is 5.48 Å². The van der Waals surface area contributed by atoms with E-state index >= 15 is 0 Å². The summed E-state index contributed by atoms with van der Waals surface area (Å²) in [6, 6.07) is 14.6. The van der Waals surface area contributed by atoms with Gasteiger partial charge < -0.3 is 4.84 Å². The van der Waals surface area contributed by atoms with Gasteiger partial charge in [-0.3, -0.25) is 25.0 Å². The van der Waals surface area contributed by atoms with Crippen molar-refractivity contribution in [3.63, 3.8) is 0 Å². The van der Waals surface area contributed by atoms with Crippen molar-refractivity contribution in [3.8, 4) is 0 Å². The molecule has 12 nitrogen and oxygen atoms in total. The number of benzene rings is 3. The average Bonchev–Trinajstić information content (AvgIpc) is 2.81. The van der Waals surface area contributed by atoms with Crippen LogP contribution < -0.4 is 5.48 Å². The molecule has 1 amide bonds. The number of hydrogen-bond acceptors (Lipinski definition) is 9. The highest BCUT2D eigenvalue weighted by Crippen LogP contribution is 2.24. The van der Waals surface area contributed by atoms with Crippen LogP contribution in [-0.4, -0.2) is 21.7 Å². The van der Waals surface area contributed by atoms with Gasteiger partial charge in [-0.1, -0.05) is 17.7 Å². The highest BCUT2D eigenvalue weighted by atomic mass is 35.5. The summed E-state index contributed by atoms with van der Waals surface area (Å²) in [6.07, 6.45) is 0. The molecule has 0 aliphatic heterocycles. The Morgan fingerprint density at radius 1 is 0.879 bits per heavy atom. The molecule has 0 spiro atoms. The Bertz CT molecular complexity index is 1250. The zero-order chi connectivity index (χ0) is 24.0. The first-order valence-corrected chi connectivity index (χ1v) is 9.33. The first kappa shape index (κ1) is 23.0. The summed E-state index contributed by atoms with van der Waals surface area (Å²) in [5, 5.41) is 29.7. The van der Waals surface area contributed by atoms with Gasteiger partial charge >= 0.3 is 5.97 Å². The van der Waals surface area contributed by atoms with Crippen LogP contribution in [0.4, 0.5) is 22.7 Å². The van der Waals surface area contributed by atoms with E-state index in [9.17, 15) is 29.8 Å². The van der Waals surface area contributed by atoms with Crippen molar-refractivity contribution in [3.05, 3.63) is 103 Å². The number of carbonyl (C=O) groups is 2. The summed E-state index contributed by atoms with van der Waals surface area (Å²) in [6.45, 7) is 0. The molecular formula is C20H12ClN5O7. The number of carbonyl (C=O) groups excluding carboxylic acids is 2. The van der Waals surface area contributed by atoms with E-state index in [2.05, 4.69) is 15.7 Å². The van der Waals surface area contributed by atoms with Crippen LogP contribution in [0.1, 0.15) is 20.7 Å². The van der Waals surface area contributed by atoms with Crippen molar-refractivity contribution >= 4 is 46.2 Å². The third-order valence-electron chi connectivity index (χ3n) is 4.02. The number of nitrogens with zero attached hydrogens (tertiary/aromatic N) is 4. The second kappa shape index (κ2) is 10.1. The largest absolute Gasteiger partial charge is 0.363 e. The Labute approximate surface area is 189 Å². The van der Waals surface area contributed by atoms with E-state index in [-0.39, 0.29) is 11.1 Å². The number of halogens is 1. The molecule has 0 aliphatic rings. The van der Waals surface area contributed by atoms with E-state index in [0.29, 0.717) is 16.4 Å². The molecule has 0 bridgehead atoms. The average molecular weight is 470 g/mol. The van der Waals surface area contributed by atoms with E-state index in [0.717, 1.165) is 18.2 Å². The second-order valence-electron chi connectivity index (χ2n) is 6.31. The maximum atomic E-state index is 12.2. The Balaban J connectivity index is 1.63. The lowest BCUT2D eigenvalue weighted by Gasteiger charge is -2.07. The van der Waals surface area contributed by atoms with Gasteiger partial charge in [0.05, 0.1) is 32.9 Å². The molecule has 13 heteroatoms. The van der Waals surface area contributed by atoms with Crippen molar-refractivity contribution in [2.24, 2.45) is 10.2 Å². The fraction of sp³-hybridized carbons (Fsp3) is 0. The molecule has 166 valence electrons. The highest BCUT2D eigenvalue weighted by molar-refractivity contribution is 6.30. The monoisotopic (exact) mass is 469 g/mol. The van der Waals surface area contributed by atoms with E-state index in [1.807, 2.05) is 0 Å². The van der Waals surface area contributed by atoms with Crippen LogP contribution in [-0.2, 0) is 4.84 Å². The van der Waals surface area contributed by atoms with Gasteiger partial charge in [0.15, 0.2) is 0 Å². The zero-order valence-corrected chi connectivity index (χ0v) is 17.1. The molecule has 0 aromatic heterocycles. The molecule has 0 aliphatic carbocycles. The zero-order valence-electron chi connectivity index (χ0n) is 16.4. The first-order chi connectivity index (χ1) is 15.7. The Hall–Kier alpha value is -4.71. The predicted octanol–water partition coefficient (Wildman–Crippen LogP) is 5.26. The van der Waals surface area contributed by atoms with Crippen molar-refractivity contribution in [2.45, 2.75) is 0 Å². The number of hydrogen-bond donors (Lipinski definition) is 1. The summed E-state index contributed by atoms with van der Waals surface area (Å²) >= 11 is 5.83. The van der Waals surface area contributed by atoms with Gasteiger partial charge in [0, 0.05) is 22.7 Å². The number of nitrogens with one attached hydrogen (secondary N) is 1. The van der Waals surface area contributed by atoms with E-state index in [4.69, 9.17) is 16.4 Å². The highest BCUT2D eigenvalue weighted by Gasteiger charge is 2.21. The normalized spacial score (nSPS) is 10.6. The van der Waals surface area contributed by atoms with Crippen LogP contribution in [0.25, 0.3) is 0 Å². The quantitative estimate of drug-likeness (QED) is 0.277. The first-order valence-electron chi connectivity index (χ1n) is 8.95. The maximum absolute atomic E-state index is 12.2. The molecule has 0 saturated carbocycles. The standard InChI is InChI=1S/C20H12ClN5O7/c21-14-3-1-2-12(8-14)19(27)23-22-15-4-6-16(7-5-15)24-33-20(28)13-9-17(25(29)30)11-18(10-13)26(31)32/h1-11,24H. The molecule has 33 heavy (non-hydrogen) atoms. The number of anilines is 1. The lowest BCUT2D eigenvalue weighted by atomic mass is 10.2. The molecule has 0 radical (unpaired) electrons. The van der Waals surface area contributed by atoms with Gasteiger partial charge in [-0.15, -0.1) is 10.2 Å². The molecule has 0 heterocycles. The molecule has 1 N–H and O–H groups in total. The molecule has 3 rings (SSSR count). The smallest absolute Gasteiger partial charge is 0.338 e. The molecule has 3 aromatic carbocycles. The van der Waals surface area contributed by atoms with Crippen LogP contribution in [0.3, 0.4) is 0 Å². The molecule has 0 unspecified atom stereocenters. The fourth-order valence-electron chi connectivity index (χ4n) is 2.47. The van der Waals surface area contributed by atoms with Gasteiger partial charge in [-0.05, 0) is 42.5 Å². The van der Waals surface area contributed by atoms with Gasteiger partial charge in [-0.2, -0.15) is 0 Å². The predicted molar refractivity (Wildman–Crippen MR) is 116 cm³/mol. The van der Waals surface area contributed by atoms with Gasteiger partial charge in [0.1, 0.15) is 0 Å². The second-order valence-corrected chi connectivity index (χ2v) is 6.74. The number of azo groups is 1. The summed E-state index contributed by atoms with van der Waals surface area (Å²) in [5.41, 5.74) is 1.59. The van der Waals surface area contributed by atoms with E-state index in [1.165, 1.54) is 30.3 Å². The topological polar surface area (TPSA) is 166 Å². The lowest BCUT2D eigenvalue weighted by Crippen LogP contribution is -2.11. The van der Waals surface area contributed by atoms with Crippen molar-refractivity contribution in [1.29, 1.82) is 0 Å². The van der Waals surface area contributed by atoms with Crippen molar-refractivity contribution in [1.82, 2.24) is 0 Å². The fourth-order valence-corrected chi connectivity index (χ4v) is 2.66. The van der Waals surface area contributed by atoms with Gasteiger partial charge in [0.2, 0.25) is 0 Å². The summed E-state index contributed by atoms with van der Waals surface area (Å²) in [5.74, 6) is -1.66. The lowest BCUT2D eigenvalue weighted by molar-refractivity contribution is -0.394. The van der Waals surface area contributed by atoms with Crippen molar-refractivity contribution < 1.29 is 24.3 Å². The Morgan fingerprint density at radius 2 is 1.52 bits per heavy atom. The van der Waals surface area contributed by atoms with Crippen LogP contribution in [0.15, 0.2) is 77.0 Å². The minimum atomic E-state index is -1.07. The molecular weight excluding hydrogens is 458 g/mol. The van der Waals surface area contributed by atoms with Crippen LogP contribution >= 0.6 is 11.6 Å². The van der Waals surface area contributed by atoms with Crippen LogP contribution in [0.5, 0.6) is 0 Å². The number of nitro benzene ring substituents is 2. The Morgan fingerprint density at radius 3 is 2.09 bits per heavy atom. The number of amides is 1. The minimum absolute atomic E-state index is 0.276. The maximum Gasteiger partial charge on any atom is 0.363 e. The number of non-ortho nitro benzene ring substituents is 2. The third kappa shape index (κ3) is 6.15. The van der Waals surface area contributed by atoms with Gasteiger partial charge in [-0.25, -0.2) is 10.3 Å². The molecule has 0 saturated heterocycles. The Kier molecular flexibility index (Phi) is 7.00. The molecule has 0 fully saturated rings. The molecule has 0 atom stereocenters. The summed E-state index contributed by atoms with van der Waals surface area (Å²) in [7, 11) is 0.